The van der Waals surface area contributed by atoms with Crippen LogP contribution in [0, 0.1) is 0 Å². The molecule has 0 aromatic heterocycles. The molecule has 0 unspecified atom stereocenters. The van der Waals surface area contributed by atoms with Crippen molar-refractivity contribution in [2.75, 3.05) is 19.6 Å². The predicted molar refractivity (Wildman–Crippen MR) is 91.8 cm³/mol. The van der Waals surface area contributed by atoms with Gasteiger partial charge in [0.05, 0.1) is 4.90 Å². The van der Waals surface area contributed by atoms with Crippen LogP contribution in [0.25, 0.3) is 6.08 Å². The summed E-state index contributed by atoms with van der Waals surface area (Å²) in [7, 11) is -3.55. The number of sulfonamides is 1. The number of hydrogen-bond acceptors (Lipinski definition) is 3. The first-order valence-corrected chi connectivity index (χ1v) is 9.75. The van der Waals surface area contributed by atoms with Crippen LogP contribution in [-0.4, -0.2) is 44.4 Å². The Kier molecular flexibility index (Phi) is 6.82. The van der Waals surface area contributed by atoms with E-state index in [1.54, 1.807) is 5.32 Å². The van der Waals surface area contributed by atoms with Gasteiger partial charge in [-0.3, -0.25) is 4.79 Å². The van der Waals surface area contributed by atoms with E-state index in [-0.39, 0.29) is 4.90 Å². The van der Waals surface area contributed by atoms with E-state index < -0.39 is 28.7 Å². The number of carbonyl (C=O) groups is 1. The quantitative estimate of drug-likeness (QED) is 0.786. The summed E-state index contributed by atoms with van der Waals surface area (Å²) < 4.78 is 62.8. The zero-order valence-electron chi connectivity index (χ0n) is 14.1. The van der Waals surface area contributed by atoms with Crippen molar-refractivity contribution in [3.05, 3.63) is 35.9 Å². The van der Waals surface area contributed by atoms with Crippen molar-refractivity contribution in [3.63, 3.8) is 0 Å². The molecule has 1 amide bonds. The fourth-order valence-electron chi connectivity index (χ4n) is 2.60. The molecule has 9 heteroatoms. The van der Waals surface area contributed by atoms with Gasteiger partial charge in [-0.15, -0.1) is 0 Å². The van der Waals surface area contributed by atoms with E-state index in [0.29, 0.717) is 18.7 Å². The van der Waals surface area contributed by atoms with Crippen molar-refractivity contribution in [2.24, 2.45) is 0 Å². The number of rotatable bonds is 5. The minimum atomic E-state index is -4.47. The number of amides is 1. The first-order valence-electron chi connectivity index (χ1n) is 8.31. The fourth-order valence-corrected chi connectivity index (χ4v) is 4.12. The Bertz CT molecular complexity index is 736. The third-order valence-electron chi connectivity index (χ3n) is 3.97. The molecule has 1 fully saturated rings. The summed E-state index contributed by atoms with van der Waals surface area (Å²) in [6, 6.07) is 5.90. The van der Waals surface area contributed by atoms with Crippen LogP contribution in [-0.2, 0) is 14.8 Å². The molecule has 2 rings (SSSR count). The van der Waals surface area contributed by atoms with Crippen LogP contribution in [0.15, 0.2) is 35.2 Å². The molecule has 5 nitrogen and oxygen atoms in total. The van der Waals surface area contributed by atoms with Gasteiger partial charge in [0.25, 0.3) is 0 Å². The fraction of sp³-hybridized carbons (Fsp3) is 0.471. The summed E-state index contributed by atoms with van der Waals surface area (Å²) in [5, 5.41) is 1.72. The van der Waals surface area contributed by atoms with Gasteiger partial charge in [-0.25, -0.2) is 8.42 Å². The molecule has 1 heterocycles. The Morgan fingerprint density at radius 1 is 1.08 bits per heavy atom. The molecule has 1 aromatic carbocycles. The van der Waals surface area contributed by atoms with Crippen molar-refractivity contribution in [3.8, 4) is 0 Å². The predicted octanol–water partition coefficient (Wildman–Crippen LogP) is 2.94. The van der Waals surface area contributed by atoms with Gasteiger partial charge in [0.1, 0.15) is 6.54 Å². The van der Waals surface area contributed by atoms with Crippen molar-refractivity contribution >= 4 is 22.0 Å². The maximum atomic E-state index is 12.6. The van der Waals surface area contributed by atoms with Gasteiger partial charge in [0.2, 0.25) is 15.9 Å². The van der Waals surface area contributed by atoms with Gasteiger partial charge in [0.15, 0.2) is 0 Å². The van der Waals surface area contributed by atoms with E-state index in [4.69, 9.17) is 0 Å². The Morgan fingerprint density at radius 2 is 1.65 bits per heavy atom. The Balaban J connectivity index is 2.01. The SMILES string of the molecule is O=C(/C=C/c1ccc(S(=O)(=O)N2CCCCCC2)cc1)NCC(F)(F)F. The first kappa shape index (κ1) is 20.4. The molecule has 0 spiro atoms. The second-order valence-corrected chi connectivity index (χ2v) is 7.99. The van der Waals surface area contributed by atoms with E-state index in [9.17, 15) is 26.4 Å². The molecule has 1 aliphatic heterocycles. The number of carbonyl (C=O) groups excluding carboxylic acids is 1. The van der Waals surface area contributed by atoms with Crippen LogP contribution in [0.4, 0.5) is 13.2 Å². The molecule has 26 heavy (non-hydrogen) atoms. The molecule has 0 saturated carbocycles. The topological polar surface area (TPSA) is 66.5 Å². The molecular formula is C17H21F3N2O3S. The summed E-state index contributed by atoms with van der Waals surface area (Å²) in [5.41, 5.74) is 0.516. The maximum Gasteiger partial charge on any atom is 0.405 e. The summed E-state index contributed by atoms with van der Waals surface area (Å²) in [5.74, 6) is -0.872. The minimum absolute atomic E-state index is 0.165. The van der Waals surface area contributed by atoms with E-state index >= 15 is 0 Å². The smallest absolute Gasteiger partial charge is 0.343 e. The largest absolute Gasteiger partial charge is 0.405 e. The van der Waals surface area contributed by atoms with E-state index in [0.717, 1.165) is 31.8 Å². The molecule has 144 valence electrons. The Hall–Kier alpha value is -1.87. The highest BCUT2D eigenvalue weighted by atomic mass is 32.2. The molecule has 1 N–H and O–H groups in total. The lowest BCUT2D eigenvalue weighted by Crippen LogP contribution is -2.32. The number of halogens is 3. The van der Waals surface area contributed by atoms with Crippen LogP contribution in [0.5, 0.6) is 0 Å². The Morgan fingerprint density at radius 3 is 2.19 bits per heavy atom. The summed E-state index contributed by atoms with van der Waals surface area (Å²) >= 11 is 0. The van der Waals surface area contributed by atoms with E-state index in [2.05, 4.69) is 0 Å². The zero-order chi connectivity index (χ0) is 19.2. The number of nitrogens with zero attached hydrogens (tertiary/aromatic N) is 1. The number of benzene rings is 1. The highest BCUT2D eigenvalue weighted by molar-refractivity contribution is 7.89. The number of alkyl halides is 3. The lowest BCUT2D eigenvalue weighted by molar-refractivity contribution is -0.135. The van der Waals surface area contributed by atoms with Crippen molar-refractivity contribution in [1.82, 2.24) is 9.62 Å². The number of hydrogen-bond donors (Lipinski definition) is 1. The van der Waals surface area contributed by atoms with Gasteiger partial charge in [0, 0.05) is 19.2 Å². The molecule has 1 aromatic rings. The maximum absolute atomic E-state index is 12.6. The molecule has 0 aliphatic carbocycles. The second-order valence-electron chi connectivity index (χ2n) is 6.05. The first-order chi connectivity index (χ1) is 12.2. The van der Waals surface area contributed by atoms with Gasteiger partial charge in [-0.05, 0) is 36.6 Å². The summed E-state index contributed by atoms with van der Waals surface area (Å²) in [4.78, 5) is 11.5. The van der Waals surface area contributed by atoms with Gasteiger partial charge in [-0.1, -0.05) is 25.0 Å². The highest BCUT2D eigenvalue weighted by Gasteiger charge is 2.27. The normalized spacial score (nSPS) is 17.2. The van der Waals surface area contributed by atoms with Gasteiger partial charge < -0.3 is 5.32 Å². The van der Waals surface area contributed by atoms with Gasteiger partial charge in [-0.2, -0.15) is 17.5 Å². The lowest BCUT2D eigenvalue weighted by Gasteiger charge is -2.19. The van der Waals surface area contributed by atoms with Crippen LogP contribution < -0.4 is 5.32 Å². The zero-order valence-corrected chi connectivity index (χ0v) is 14.9. The van der Waals surface area contributed by atoms with E-state index in [1.807, 2.05) is 0 Å². The third-order valence-corrected chi connectivity index (χ3v) is 5.89. The molecule has 0 radical (unpaired) electrons. The van der Waals surface area contributed by atoms with E-state index in [1.165, 1.54) is 34.6 Å². The van der Waals surface area contributed by atoms with Crippen LogP contribution in [0.2, 0.25) is 0 Å². The lowest BCUT2D eigenvalue weighted by atomic mass is 10.2. The molecule has 0 bridgehead atoms. The number of nitrogens with one attached hydrogen (secondary N) is 1. The Labute approximate surface area is 150 Å². The van der Waals surface area contributed by atoms with Crippen molar-refractivity contribution < 1.29 is 26.4 Å². The van der Waals surface area contributed by atoms with Crippen molar-refractivity contribution in [2.45, 2.75) is 36.8 Å². The van der Waals surface area contributed by atoms with Gasteiger partial charge >= 0.3 is 6.18 Å². The standard InChI is InChI=1S/C17H21F3N2O3S/c18-17(19,20)13-21-16(23)10-7-14-5-8-15(9-6-14)26(24,25)22-11-3-1-2-4-12-22/h5-10H,1-4,11-13H2,(H,21,23)/b10-7+. The molecule has 1 aliphatic rings. The molecular weight excluding hydrogens is 369 g/mol. The third kappa shape index (κ3) is 6.14. The van der Waals surface area contributed by atoms with Crippen molar-refractivity contribution in [1.29, 1.82) is 0 Å². The highest BCUT2D eigenvalue weighted by Crippen LogP contribution is 2.21. The van der Waals surface area contributed by atoms with Crippen LogP contribution in [0.3, 0.4) is 0 Å². The molecule has 0 atom stereocenters. The monoisotopic (exact) mass is 390 g/mol. The second kappa shape index (κ2) is 8.68. The van der Waals surface area contributed by atoms with Crippen LogP contribution in [0.1, 0.15) is 31.2 Å². The molecule has 1 saturated heterocycles. The summed E-state index contributed by atoms with van der Waals surface area (Å²) in [6.07, 6.45) is 1.56. The summed E-state index contributed by atoms with van der Waals surface area (Å²) in [6.45, 7) is -0.393. The van der Waals surface area contributed by atoms with Crippen LogP contribution >= 0.6 is 0 Å². The average molecular weight is 390 g/mol. The average Bonchev–Trinajstić information content (AvgIpc) is 2.88. The minimum Gasteiger partial charge on any atom is -0.343 e.